The van der Waals surface area contributed by atoms with Gasteiger partial charge in [0.2, 0.25) is 0 Å². The minimum absolute atomic E-state index is 0.545. The molecule has 3 rings (SSSR count). The third-order valence-corrected chi connectivity index (χ3v) is 3.72. The molecule has 0 radical (unpaired) electrons. The average molecular weight is 246 g/mol. The van der Waals surface area contributed by atoms with Gasteiger partial charge in [-0.3, -0.25) is 0 Å². The van der Waals surface area contributed by atoms with Crippen molar-refractivity contribution in [1.82, 2.24) is 15.1 Å². The summed E-state index contributed by atoms with van der Waals surface area (Å²) in [7, 11) is 0. The van der Waals surface area contributed by atoms with Crippen LogP contribution in [-0.2, 0) is 0 Å². The summed E-state index contributed by atoms with van der Waals surface area (Å²) in [6, 6.07) is 0. The number of rotatable bonds is 5. The van der Waals surface area contributed by atoms with Crippen molar-refractivity contribution in [2.75, 3.05) is 11.9 Å². The first-order valence-electron chi connectivity index (χ1n) is 6.73. The molecule has 0 amide bonds. The fraction of sp³-hybridized carbons (Fsp3) is 0.615. The van der Waals surface area contributed by atoms with Gasteiger partial charge in [-0.05, 0) is 18.8 Å². The zero-order valence-corrected chi connectivity index (χ0v) is 10.4. The van der Waals surface area contributed by atoms with Gasteiger partial charge in [-0.15, -0.1) is 0 Å². The maximum Gasteiger partial charge on any atom is 0.262 e. The van der Waals surface area contributed by atoms with Crippen LogP contribution in [0, 0.1) is 5.92 Å². The van der Waals surface area contributed by atoms with Crippen LogP contribution in [0.5, 0.6) is 0 Å². The fourth-order valence-electron chi connectivity index (χ4n) is 2.73. The highest BCUT2D eigenvalue weighted by Crippen LogP contribution is 2.28. The molecule has 2 aromatic heterocycles. The molecule has 0 aromatic carbocycles. The molecule has 2 aromatic rings. The van der Waals surface area contributed by atoms with Crippen molar-refractivity contribution in [3.63, 3.8) is 0 Å². The molecule has 0 aliphatic heterocycles. The van der Waals surface area contributed by atoms with Gasteiger partial charge in [0.05, 0.1) is 6.20 Å². The van der Waals surface area contributed by atoms with Gasteiger partial charge in [-0.25, -0.2) is 4.98 Å². The quantitative estimate of drug-likeness (QED) is 0.821. The maximum atomic E-state index is 5.01. The highest BCUT2D eigenvalue weighted by molar-refractivity contribution is 5.83. The van der Waals surface area contributed by atoms with Gasteiger partial charge in [0.1, 0.15) is 17.5 Å². The van der Waals surface area contributed by atoms with Crippen LogP contribution in [0.3, 0.4) is 0 Å². The van der Waals surface area contributed by atoms with Crippen molar-refractivity contribution in [1.29, 1.82) is 0 Å². The monoisotopic (exact) mass is 246 g/mol. The van der Waals surface area contributed by atoms with E-state index >= 15 is 0 Å². The molecule has 0 saturated heterocycles. The second kappa shape index (κ2) is 5.33. The minimum Gasteiger partial charge on any atom is -0.369 e. The van der Waals surface area contributed by atoms with Crippen molar-refractivity contribution < 1.29 is 4.52 Å². The topological polar surface area (TPSA) is 63.8 Å². The van der Waals surface area contributed by atoms with Gasteiger partial charge in [0.15, 0.2) is 0 Å². The van der Waals surface area contributed by atoms with E-state index in [9.17, 15) is 0 Å². The number of aromatic nitrogens is 3. The average Bonchev–Trinajstić information content (AvgIpc) is 3.05. The summed E-state index contributed by atoms with van der Waals surface area (Å²) >= 11 is 0. The Morgan fingerprint density at radius 1 is 1.28 bits per heavy atom. The lowest BCUT2D eigenvalue weighted by molar-refractivity contribution is 0.448. The zero-order chi connectivity index (χ0) is 12.2. The molecule has 0 atom stereocenters. The molecule has 0 bridgehead atoms. The molecule has 2 heterocycles. The Kier molecular flexibility index (Phi) is 3.39. The standard InChI is InChI=1S/C13H18N4O/c1-2-5-10(4-1)6-3-7-14-12-11-8-17-18-13(11)16-9-15-12/h8-10H,1-7H2,(H,14,15,16). The van der Waals surface area contributed by atoms with E-state index in [0.717, 1.165) is 23.7 Å². The van der Waals surface area contributed by atoms with Gasteiger partial charge in [-0.1, -0.05) is 30.8 Å². The number of hydrogen-bond acceptors (Lipinski definition) is 5. The van der Waals surface area contributed by atoms with Crippen molar-refractivity contribution in [3.8, 4) is 0 Å². The number of nitrogens with one attached hydrogen (secondary N) is 1. The normalized spacial score (nSPS) is 16.4. The van der Waals surface area contributed by atoms with E-state index in [-0.39, 0.29) is 0 Å². The second-order valence-corrected chi connectivity index (χ2v) is 4.99. The molecule has 0 unspecified atom stereocenters. The first-order chi connectivity index (χ1) is 8.93. The Morgan fingerprint density at radius 3 is 3.06 bits per heavy atom. The molecule has 1 aliphatic carbocycles. The van der Waals surface area contributed by atoms with Crippen LogP contribution < -0.4 is 5.32 Å². The van der Waals surface area contributed by atoms with Gasteiger partial charge in [0.25, 0.3) is 5.71 Å². The molecular formula is C13H18N4O. The summed E-state index contributed by atoms with van der Waals surface area (Å²) in [4.78, 5) is 8.24. The molecule has 1 aliphatic rings. The lowest BCUT2D eigenvalue weighted by Crippen LogP contribution is -2.05. The molecule has 18 heavy (non-hydrogen) atoms. The van der Waals surface area contributed by atoms with E-state index in [1.165, 1.54) is 44.9 Å². The van der Waals surface area contributed by atoms with Crippen LogP contribution >= 0.6 is 0 Å². The highest BCUT2D eigenvalue weighted by atomic mass is 16.5. The third-order valence-electron chi connectivity index (χ3n) is 3.72. The molecule has 1 fully saturated rings. The largest absolute Gasteiger partial charge is 0.369 e. The third kappa shape index (κ3) is 2.44. The van der Waals surface area contributed by atoms with Crippen LogP contribution in [0.15, 0.2) is 17.0 Å². The van der Waals surface area contributed by atoms with Crippen molar-refractivity contribution >= 4 is 16.9 Å². The van der Waals surface area contributed by atoms with E-state index in [1.807, 2.05) is 0 Å². The highest BCUT2D eigenvalue weighted by Gasteiger charge is 2.14. The smallest absolute Gasteiger partial charge is 0.262 e. The predicted octanol–water partition coefficient (Wildman–Crippen LogP) is 3.00. The minimum atomic E-state index is 0.545. The van der Waals surface area contributed by atoms with Crippen molar-refractivity contribution in [3.05, 3.63) is 12.5 Å². The summed E-state index contributed by atoms with van der Waals surface area (Å²) < 4.78 is 5.01. The lowest BCUT2D eigenvalue weighted by Gasteiger charge is -2.09. The summed E-state index contributed by atoms with van der Waals surface area (Å²) in [6.45, 7) is 0.952. The van der Waals surface area contributed by atoms with E-state index in [1.54, 1.807) is 6.20 Å². The number of nitrogens with zero attached hydrogens (tertiary/aromatic N) is 3. The summed E-state index contributed by atoms with van der Waals surface area (Å²) in [5.74, 6) is 1.78. The van der Waals surface area contributed by atoms with Gasteiger partial charge in [-0.2, -0.15) is 4.98 Å². The van der Waals surface area contributed by atoms with Gasteiger partial charge in [0, 0.05) is 6.54 Å². The maximum absolute atomic E-state index is 5.01. The van der Waals surface area contributed by atoms with Crippen molar-refractivity contribution in [2.24, 2.45) is 5.92 Å². The van der Waals surface area contributed by atoms with Crippen LogP contribution in [0.4, 0.5) is 5.82 Å². The first-order valence-corrected chi connectivity index (χ1v) is 6.73. The van der Waals surface area contributed by atoms with Crippen LogP contribution in [0.1, 0.15) is 38.5 Å². The molecule has 1 N–H and O–H groups in total. The van der Waals surface area contributed by atoms with E-state index in [2.05, 4.69) is 20.4 Å². The fourth-order valence-corrected chi connectivity index (χ4v) is 2.73. The predicted molar refractivity (Wildman–Crippen MR) is 69.3 cm³/mol. The molecule has 96 valence electrons. The van der Waals surface area contributed by atoms with Crippen LogP contribution in [0.2, 0.25) is 0 Å². The Morgan fingerprint density at radius 2 is 2.17 bits per heavy atom. The molecule has 1 saturated carbocycles. The molecular weight excluding hydrogens is 228 g/mol. The Labute approximate surface area is 106 Å². The summed E-state index contributed by atoms with van der Waals surface area (Å²) in [5, 5.41) is 7.94. The van der Waals surface area contributed by atoms with Gasteiger partial charge < -0.3 is 9.84 Å². The Bertz CT molecular complexity index is 504. The Hall–Kier alpha value is -1.65. The van der Waals surface area contributed by atoms with Crippen LogP contribution in [0.25, 0.3) is 11.1 Å². The SMILES string of the molecule is c1nc(NCCCC2CCCC2)c2cnoc2n1. The zero-order valence-electron chi connectivity index (χ0n) is 10.4. The van der Waals surface area contributed by atoms with Crippen LogP contribution in [-0.4, -0.2) is 21.7 Å². The lowest BCUT2D eigenvalue weighted by atomic mass is 10.0. The Balaban J connectivity index is 1.51. The number of fused-ring (bicyclic) bond motifs is 1. The first kappa shape index (κ1) is 11.4. The molecule has 5 nitrogen and oxygen atoms in total. The molecule has 5 heteroatoms. The van der Waals surface area contributed by atoms with Crippen molar-refractivity contribution in [2.45, 2.75) is 38.5 Å². The number of hydrogen-bond donors (Lipinski definition) is 1. The number of anilines is 1. The second-order valence-electron chi connectivity index (χ2n) is 4.99. The summed E-state index contributed by atoms with van der Waals surface area (Å²) in [6.07, 6.45) is 11.4. The summed E-state index contributed by atoms with van der Waals surface area (Å²) in [5.41, 5.74) is 0.545. The van der Waals surface area contributed by atoms with E-state index in [4.69, 9.17) is 4.52 Å². The van der Waals surface area contributed by atoms with E-state index in [0.29, 0.717) is 5.71 Å². The molecule has 0 spiro atoms. The van der Waals surface area contributed by atoms with Gasteiger partial charge >= 0.3 is 0 Å². The van der Waals surface area contributed by atoms with E-state index < -0.39 is 0 Å².